The summed E-state index contributed by atoms with van der Waals surface area (Å²) in [5, 5.41) is 11.6. The van der Waals surface area contributed by atoms with E-state index < -0.39 is 12.6 Å². The number of benzene rings is 2. The molecule has 2 aromatic carbocycles. The second-order valence-electron chi connectivity index (χ2n) is 6.66. The van der Waals surface area contributed by atoms with Crippen LogP contribution in [-0.4, -0.2) is 23.6 Å². The largest absolute Gasteiger partial charge is 0.482 e. The van der Waals surface area contributed by atoms with Crippen LogP contribution in [0.1, 0.15) is 37.2 Å². The molecule has 1 saturated carbocycles. The molecule has 1 aliphatic rings. The molecule has 0 bridgehead atoms. The molecule has 136 valence electrons. The highest BCUT2D eigenvalue weighted by atomic mass is 16.5. The Hall–Kier alpha value is -2.82. The van der Waals surface area contributed by atoms with Gasteiger partial charge in [0.05, 0.1) is 0 Å². The Morgan fingerprint density at radius 1 is 1.00 bits per heavy atom. The van der Waals surface area contributed by atoms with E-state index in [2.05, 4.69) is 29.6 Å². The maximum Gasteiger partial charge on any atom is 0.341 e. The van der Waals surface area contributed by atoms with E-state index in [0.717, 1.165) is 25.7 Å². The van der Waals surface area contributed by atoms with Gasteiger partial charge in [0, 0.05) is 17.7 Å². The minimum absolute atomic E-state index is 0.0126. The van der Waals surface area contributed by atoms with E-state index in [1.807, 2.05) is 6.07 Å². The minimum atomic E-state index is -1.03. The van der Waals surface area contributed by atoms with Crippen molar-refractivity contribution < 1.29 is 19.4 Å². The van der Waals surface area contributed by atoms with E-state index in [9.17, 15) is 9.59 Å². The average Bonchev–Trinajstić information content (AvgIpc) is 2.67. The molecule has 2 aromatic rings. The van der Waals surface area contributed by atoms with Crippen LogP contribution in [0.5, 0.6) is 5.75 Å². The summed E-state index contributed by atoms with van der Waals surface area (Å²) < 4.78 is 5.15. The van der Waals surface area contributed by atoms with Crippen molar-refractivity contribution in [2.24, 2.45) is 5.92 Å². The lowest BCUT2D eigenvalue weighted by atomic mass is 9.78. The number of rotatable bonds is 6. The van der Waals surface area contributed by atoms with Crippen LogP contribution in [0.25, 0.3) is 0 Å². The first kappa shape index (κ1) is 18.0. The van der Waals surface area contributed by atoms with Gasteiger partial charge >= 0.3 is 5.97 Å². The van der Waals surface area contributed by atoms with Crippen LogP contribution in [-0.2, 0) is 9.59 Å². The number of aliphatic carboxylic acids is 1. The summed E-state index contributed by atoms with van der Waals surface area (Å²) in [4.78, 5) is 23.1. The zero-order chi connectivity index (χ0) is 18.4. The van der Waals surface area contributed by atoms with Crippen molar-refractivity contribution >= 4 is 17.6 Å². The van der Waals surface area contributed by atoms with E-state index in [4.69, 9.17) is 9.84 Å². The smallest absolute Gasteiger partial charge is 0.341 e. The van der Waals surface area contributed by atoms with Gasteiger partial charge in [0.15, 0.2) is 6.61 Å². The number of amides is 1. The Morgan fingerprint density at radius 3 is 2.42 bits per heavy atom. The first-order valence-electron chi connectivity index (χ1n) is 8.92. The maximum absolute atomic E-state index is 12.5. The van der Waals surface area contributed by atoms with Gasteiger partial charge in [0.1, 0.15) is 5.75 Å². The zero-order valence-corrected chi connectivity index (χ0v) is 14.6. The first-order valence-corrected chi connectivity index (χ1v) is 8.92. The summed E-state index contributed by atoms with van der Waals surface area (Å²) in [6.45, 7) is -0.402. The van der Waals surface area contributed by atoms with Crippen molar-refractivity contribution in [2.45, 2.75) is 31.6 Å². The standard InChI is InChI=1S/C21H23NO4/c23-20(24)14-26-19-8-4-7-18(13-19)22-21(25)17-11-9-16(10-12-17)15-5-2-1-3-6-15/h1-8,13,16-17H,9-12,14H2,(H,22,25)(H,23,24). The normalized spacial score (nSPS) is 19.5. The highest BCUT2D eigenvalue weighted by Crippen LogP contribution is 2.36. The number of ether oxygens (including phenoxy) is 1. The van der Waals surface area contributed by atoms with Gasteiger partial charge in [-0.3, -0.25) is 4.79 Å². The summed E-state index contributed by atoms with van der Waals surface area (Å²) in [5.74, 6) is -0.0361. The monoisotopic (exact) mass is 353 g/mol. The molecule has 0 aromatic heterocycles. The van der Waals surface area contributed by atoms with Gasteiger partial charge in [-0.15, -0.1) is 0 Å². The molecule has 1 fully saturated rings. The summed E-state index contributed by atoms with van der Waals surface area (Å²) in [6.07, 6.45) is 3.79. The van der Waals surface area contributed by atoms with Gasteiger partial charge in [-0.05, 0) is 49.3 Å². The molecule has 0 heterocycles. The average molecular weight is 353 g/mol. The van der Waals surface area contributed by atoms with E-state index in [1.54, 1.807) is 24.3 Å². The molecule has 5 heteroatoms. The van der Waals surface area contributed by atoms with Gasteiger partial charge in [-0.25, -0.2) is 4.79 Å². The van der Waals surface area contributed by atoms with Gasteiger partial charge in [-0.2, -0.15) is 0 Å². The summed E-state index contributed by atoms with van der Waals surface area (Å²) in [6, 6.07) is 17.3. The molecule has 0 atom stereocenters. The topological polar surface area (TPSA) is 75.6 Å². The van der Waals surface area contributed by atoms with E-state index in [1.165, 1.54) is 5.56 Å². The second-order valence-corrected chi connectivity index (χ2v) is 6.66. The number of nitrogens with one attached hydrogen (secondary N) is 1. The quantitative estimate of drug-likeness (QED) is 0.821. The molecule has 2 N–H and O–H groups in total. The summed E-state index contributed by atoms with van der Waals surface area (Å²) in [5.41, 5.74) is 1.98. The van der Waals surface area contributed by atoms with E-state index in [0.29, 0.717) is 17.4 Å². The Kier molecular flexibility index (Phi) is 5.89. The molecule has 0 radical (unpaired) electrons. The second kappa shape index (κ2) is 8.52. The van der Waals surface area contributed by atoms with Gasteiger partial charge in [-0.1, -0.05) is 36.4 Å². The predicted molar refractivity (Wildman–Crippen MR) is 99.3 cm³/mol. The summed E-state index contributed by atoms with van der Waals surface area (Å²) in [7, 11) is 0. The lowest BCUT2D eigenvalue weighted by Crippen LogP contribution is -2.26. The van der Waals surface area contributed by atoms with Crippen molar-refractivity contribution in [2.75, 3.05) is 11.9 Å². The van der Waals surface area contributed by atoms with Crippen molar-refractivity contribution in [3.8, 4) is 5.75 Å². The fourth-order valence-corrected chi connectivity index (χ4v) is 3.47. The third kappa shape index (κ3) is 4.85. The van der Waals surface area contributed by atoms with Crippen LogP contribution in [0, 0.1) is 5.92 Å². The van der Waals surface area contributed by atoms with Crippen LogP contribution >= 0.6 is 0 Å². The van der Waals surface area contributed by atoms with E-state index >= 15 is 0 Å². The number of carboxylic acids is 1. The van der Waals surface area contributed by atoms with Gasteiger partial charge < -0.3 is 15.2 Å². The number of hydrogen-bond donors (Lipinski definition) is 2. The number of hydrogen-bond acceptors (Lipinski definition) is 3. The molecule has 3 rings (SSSR count). The third-order valence-corrected chi connectivity index (χ3v) is 4.83. The predicted octanol–water partition coefficient (Wildman–Crippen LogP) is 4.06. The number of carbonyl (C=O) groups excluding carboxylic acids is 1. The highest BCUT2D eigenvalue weighted by Gasteiger charge is 2.27. The molecule has 0 unspecified atom stereocenters. The number of carbonyl (C=O) groups is 2. The summed E-state index contributed by atoms with van der Waals surface area (Å²) >= 11 is 0. The molecule has 0 aliphatic heterocycles. The Balaban J connectivity index is 1.53. The van der Waals surface area contributed by atoms with Crippen LogP contribution in [0.4, 0.5) is 5.69 Å². The molecular weight excluding hydrogens is 330 g/mol. The Bertz CT molecular complexity index is 752. The minimum Gasteiger partial charge on any atom is -0.482 e. The Labute approximate surface area is 153 Å². The SMILES string of the molecule is O=C(O)COc1cccc(NC(=O)C2CCC(c3ccccc3)CC2)c1. The third-order valence-electron chi connectivity index (χ3n) is 4.83. The molecule has 0 spiro atoms. The Morgan fingerprint density at radius 2 is 1.73 bits per heavy atom. The van der Waals surface area contributed by atoms with Crippen LogP contribution < -0.4 is 10.1 Å². The number of anilines is 1. The van der Waals surface area contributed by atoms with Crippen molar-refractivity contribution in [1.29, 1.82) is 0 Å². The first-order chi connectivity index (χ1) is 12.6. The van der Waals surface area contributed by atoms with Gasteiger partial charge in [0.2, 0.25) is 5.91 Å². The fourth-order valence-electron chi connectivity index (χ4n) is 3.47. The van der Waals surface area contributed by atoms with Crippen molar-refractivity contribution in [3.63, 3.8) is 0 Å². The zero-order valence-electron chi connectivity index (χ0n) is 14.6. The highest BCUT2D eigenvalue weighted by molar-refractivity contribution is 5.92. The maximum atomic E-state index is 12.5. The molecule has 1 aliphatic carbocycles. The van der Waals surface area contributed by atoms with Crippen molar-refractivity contribution in [1.82, 2.24) is 0 Å². The fraction of sp³-hybridized carbons (Fsp3) is 0.333. The van der Waals surface area contributed by atoms with E-state index in [-0.39, 0.29) is 11.8 Å². The lowest BCUT2D eigenvalue weighted by Gasteiger charge is -2.28. The molecule has 1 amide bonds. The van der Waals surface area contributed by atoms with Crippen LogP contribution in [0.15, 0.2) is 54.6 Å². The molecule has 26 heavy (non-hydrogen) atoms. The van der Waals surface area contributed by atoms with Gasteiger partial charge in [0.25, 0.3) is 0 Å². The molecular formula is C21H23NO4. The molecule has 0 saturated heterocycles. The van der Waals surface area contributed by atoms with Crippen molar-refractivity contribution in [3.05, 3.63) is 60.2 Å². The molecule has 5 nitrogen and oxygen atoms in total. The lowest BCUT2D eigenvalue weighted by molar-refractivity contribution is -0.139. The van der Waals surface area contributed by atoms with Crippen LogP contribution in [0.3, 0.4) is 0 Å². The number of carboxylic acid groups (broad SMARTS) is 1. The van der Waals surface area contributed by atoms with Crippen LogP contribution in [0.2, 0.25) is 0 Å².